The minimum absolute atomic E-state index is 0.0302. The Labute approximate surface area is 217 Å². The highest BCUT2D eigenvalue weighted by atomic mass is 32.2. The monoisotopic (exact) mass is 521 g/mol. The Morgan fingerprint density at radius 1 is 1.11 bits per heavy atom. The van der Waals surface area contributed by atoms with E-state index in [1.807, 2.05) is 36.4 Å². The van der Waals surface area contributed by atoms with Crippen molar-refractivity contribution in [3.63, 3.8) is 0 Å². The fraction of sp³-hybridized carbons (Fsp3) is 0.500. The van der Waals surface area contributed by atoms with Gasteiger partial charge in [-0.05, 0) is 80.2 Å². The molecule has 0 bridgehead atoms. The fourth-order valence-electron chi connectivity index (χ4n) is 6.72. The lowest BCUT2D eigenvalue weighted by molar-refractivity contribution is -0.172. The van der Waals surface area contributed by atoms with Gasteiger partial charge < -0.3 is 14.8 Å². The van der Waals surface area contributed by atoms with Gasteiger partial charge in [-0.25, -0.2) is 8.42 Å². The number of likely N-dealkylation sites (tertiary alicyclic amines) is 1. The lowest BCUT2D eigenvalue weighted by atomic mass is 9.58. The number of amides is 1. The molecule has 2 aromatic carbocycles. The topological polar surface area (TPSA) is 109 Å². The second-order valence-corrected chi connectivity index (χ2v) is 13.6. The zero-order valence-corrected chi connectivity index (χ0v) is 21.8. The molecule has 1 amide bonds. The van der Waals surface area contributed by atoms with E-state index in [1.54, 1.807) is 6.07 Å². The van der Waals surface area contributed by atoms with Gasteiger partial charge in [-0.1, -0.05) is 12.1 Å². The van der Waals surface area contributed by atoms with Gasteiger partial charge in [0.15, 0.2) is 9.84 Å². The normalized spacial score (nSPS) is 23.0. The van der Waals surface area contributed by atoms with Crippen molar-refractivity contribution in [1.29, 1.82) is 5.26 Å². The Bertz CT molecular complexity index is 1380. The number of benzene rings is 2. The standard InChI is InChI=1S/C28H31N3O5S/c1-37(33,34)28(16-26(17-28)18-35-19-26)21-3-5-22(6-4-21)36-13-12-31-10-8-27(9-11-31)23-14-20(15-29)2-7-24(23)30-25(27)32/h2-7,14H,8-13,16-19H2,1H3,(H,30,32). The summed E-state index contributed by atoms with van der Waals surface area (Å²) in [5.74, 6) is 0.748. The average Bonchev–Trinajstić information content (AvgIpc) is 3.09. The van der Waals surface area contributed by atoms with Crippen LogP contribution in [-0.4, -0.2) is 64.9 Å². The first-order valence-electron chi connectivity index (χ1n) is 12.8. The Morgan fingerprint density at radius 2 is 1.81 bits per heavy atom. The van der Waals surface area contributed by atoms with E-state index in [9.17, 15) is 18.5 Å². The maximum Gasteiger partial charge on any atom is 0.235 e. The maximum absolute atomic E-state index is 12.9. The van der Waals surface area contributed by atoms with E-state index in [0.29, 0.717) is 51.1 Å². The molecule has 9 heteroatoms. The molecule has 6 rings (SSSR count). The third kappa shape index (κ3) is 3.85. The molecule has 37 heavy (non-hydrogen) atoms. The number of fused-ring (bicyclic) bond motifs is 2. The van der Waals surface area contributed by atoms with Crippen molar-refractivity contribution in [2.45, 2.75) is 35.8 Å². The predicted molar refractivity (Wildman–Crippen MR) is 138 cm³/mol. The second-order valence-electron chi connectivity index (χ2n) is 11.2. The van der Waals surface area contributed by atoms with Crippen LogP contribution in [-0.2, 0) is 29.5 Å². The van der Waals surface area contributed by atoms with Gasteiger partial charge in [0.2, 0.25) is 5.91 Å². The molecule has 2 saturated heterocycles. The van der Waals surface area contributed by atoms with Crippen LogP contribution in [0, 0.1) is 16.7 Å². The molecule has 8 nitrogen and oxygen atoms in total. The summed E-state index contributed by atoms with van der Waals surface area (Å²) >= 11 is 0. The number of carbonyl (C=O) groups is 1. The van der Waals surface area contributed by atoms with Crippen LogP contribution in [0.25, 0.3) is 0 Å². The number of hydrogen-bond acceptors (Lipinski definition) is 7. The van der Waals surface area contributed by atoms with Crippen molar-refractivity contribution in [1.82, 2.24) is 4.90 Å². The molecule has 2 aromatic rings. The summed E-state index contributed by atoms with van der Waals surface area (Å²) < 4.78 is 35.9. The Kier molecular flexibility index (Phi) is 5.64. The summed E-state index contributed by atoms with van der Waals surface area (Å²) in [6.45, 7) is 4.09. The average molecular weight is 522 g/mol. The lowest BCUT2D eigenvalue weighted by Crippen LogP contribution is -2.62. The van der Waals surface area contributed by atoms with Crippen molar-refractivity contribution >= 4 is 21.4 Å². The second kappa shape index (κ2) is 8.55. The maximum atomic E-state index is 12.9. The molecule has 3 aliphatic heterocycles. The quantitative estimate of drug-likeness (QED) is 0.623. The molecule has 0 atom stereocenters. The Balaban J connectivity index is 1.04. The Hall–Kier alpha value is -2.93. The molecule has 3 fully saturated rings. The molecule has 0 unspecified atom stereocenters. The lowest BCUT2D eigenvalue weighted by Gasteiger charge is -2.59. The summed E-state index contributed by atoms with van der Waals surface area (Å²) in [6, 6.07) is 15.1. The van der Waals surface area contributed by atoms with Gasteiger partial charge in [-0.15, -0.1) is 0 Å². The van der Waals surface area contributed by atoms with Crippen molar-refractivity contribution in [3.05, 3.63) is 59.2 Å². The van der Waals surface area contributed by atoms with Crippen LogP contribution in [0.4, 0.5) is 5.69 Å². The van der Waals surface area contributed by atoms with Crippen molar-refractivity contribution in [2.24, 2.45) is 5.41 Å². The predicted octanol–water partition coefficient (Wildman–Crippen LogP) is 2.97. The van der Waals surface area contributed by atoms with Gasteiger partial charge in [0.25, 0.3) is 0 Å². The highest BCUT2D eigenvalue weighted by Gasteiger charge is 2.63. The number of anilines is 1. The molecule has 1 N–H and O–H groups in total. The van der Waals surface area contributed by atoms with Gasteiger partial charge in [0, 0.05) is 23.9 Å². The molecule has 4 aliphatic rings. The van der Waals surface area contributed by atoms with Crippen molar-refractivity contribution in [3.8, 4) is 11.8 Å². The van der Waals surface area contributed by atoms with E-state index in [1.165, 1.54) is 6.26 Å². The summed E-state index contributed by atoms with van der Waals surface area (Å²) in [4.78, 5) is 15.2. The number of hydrogen-bond donors (Lipinski definition) is 1. The number of sulfone groups is 1. The van der Waals surface area contributed by atoms with Crippen LogP contribution in [0.5, 0.6) is 5.75 Å². The number of carbonyl (C=O) groups excluding carboxylic acids is 1. The molecule has 194 valence electrons. The van der Waals surface area contributed by atoms with Gasteiger partial charge >= 0.3 is 0 Å². The first kappa shape index (κ1) is 24.4. The molecule has 2 spiro atoms. The zero-order valence-electron chi connectivity index (χ0n) is 21.0. The smallest absolute Gasteiger partial charge is 0.235 e. The Morgan fingerprint density at radius 3 is 2.41 bits per heavy atom. The first-order valence-corrected chi connectivity index (χ1v) is 14.7. The van der Waals surface area contributed by atoms with Crippen LogP contribution in [0.2, 0.25) is 0 Å². The first-order chi connectivity index (χ1) is 17.7. The van der Waals surface area contributed by atoms with Crippen LogP contribution in [0.3, 0.4) is 0 Å². The molecule has 1 saturated carbocycles. The minimum atomic E-state index is -3.26. The number of rotatable bonds is 6. The largest absolute Gasteiger partial charge is 0.492 e. The SMILES string of the molecule is CS(=O)(=O)C1(c2ccc(OCCN3CCC4(CC3)C(=O)Nc3ccc(C#N)cc34)cc2)CC2(COC2)C1. The van der Waals surface area contributed by atoms with Gasteiger partial charge in [-0.2, -0.15) is 5.26 Å². The fourth-order valence-corrected chi connectivity index (χ4v) is 8.42. The van der Waals surface area contributed by atoms with Crippen LogP contribution in [0.15, 0.2) is 42.5 Å². The number of nitrogens with zero attached hydrogens (tertiary/aromatic N) is 2. The van der Waals surface area contributed by atoms with E-state index >= 15 is 0 Å². The number of nitriles is 1. The van der Waals surface area contributed by atoms with E-state index in [2.05, 4.69) is 16.3 Å². The molecular formula is C28H31N3O5S. The highest BCUT2D eigenvalue weighted by molar-refractivity contribution is 7.91. The summed E-state index contributed by atoms with van der Waals surface area (Å²) in [5.41, 5.74) is 2.64. The summed E-state index contributed by atoms with van der Waals surface area (Å²) in [6.07, 6.45) is 3.99. The van der Waals surface area contributed by atoms with E-state index in [-0.39, 0.29) is 11.3 Å². The third-order valence-corrected chi connectivity index (χ3v) is 10.9. The van der Waals surface area contributed by atoms with Crippen LogP contribution >= 0.6 is 0 Å². The van der Waals surface area contributed by atoms with Crippen molar-refractivity contribution < 1.29 is 22.7 Å². The zero-order chi connectivity index (χ0) is 25.9. The molecule has 1 aliphatic carbocycles. The van der Waals surface area contributed by atoms with E-state index in [4.69, 9.17) is 9.47 Å². The molecule has 0 aromatic heterocycles. The summed E-state index contributed by atoms with van der Waals surface area (Å²) in [7, 11) is -3.26. The number of piperidine rings is 1. The molecular weight excluding hydrogens is 490 g/mol. The minimum Gasteiger partial charge on any atom is -0.492 e. The van der Waals surface area contributed by atoms with Gasteiger partial charge in [0.1, 0.15) is 12.4 Å². The molecule has 3 heterocycles. The van der Waals surface area contributed by atoms with E-state index in [0.717, 1.165) is 42.2 Å². The van der Waals surface area contributed by atoms with Crippen LogP contribution in [0.1, 0.15) is 42.4 Å². The van der Waals surface area contributed by atoms with Gasteiger partial charge in [0.05, 0.1) is 35.0 Å². The third-order valence-electron chi connectivity index (χ3n) is 8.96. The van der Waals surface area contributed by atoms with Crippen LogP contribution < -0.4 is 10.1 Å². The van der Waals surface area contributed by atoms with Gasteiger partial charge in [-0.3, -0.25) is 9.69 Å². The van der Waals surface area contributed by atoms with Crippen molar-refractivity contribution in [2.75, 3.05) is 51.0 Å². The highest BCUT2D eigenvalue weighted by Crippen LogP contribution is 2.61. The van der Waals surface area contributed by atoms with E-state index < -0.39 is 20.0 Å². The number of nitrogens with one attached hydrogen (secondary N) is 1. The molecule has 0 radical (unpaired) electrons. The number of ether oxygens (including phenoxy) is 2. The summed E-state index contributed by atoms with van der Waals surface area (Å²) in [5, 5.41) is 12.3.